The Kier molecular flexibility index (Phi) is 4.84. The second-order valence-corrected chi connectivity index (χ2v) is 5.85. The number of hydrogen-bond acceptors (Lipinski definition) is 3. The zero-order valence-corrected chi connectivity index (χ0v) is 13.1. The first-order valence-electron chi connectivity index (χ1n) is 7.81. The molecule has 0 bridgehead atoms. The Bertz CT molecular complexity index is 736. The van der Waals surface area contributed by atoms with Crippen LogP contribution in [0.4, 0.5) is 4.39 Å². The number of carbonyl (C=O) groups is 2. The van der Waals surface area contributed by atoms with E-state index in [1.165, 1.54) is 11.0 Å². The molecule has 0 saturated carbocycles. The molecule has 0 aliphatic carbocycles. The van der Waals surface area contributed by atoms with Crippen LogP contribution in [0.25, 0.3) is 0 Å². The highest BCUT2D eigenvalue weighted by Crippen LogP contribution is 2.21. The third-order valence-electron chi connectivity index (χ3n) is 4.09. The fraction of sp³-hybridized carbons (Fsp3) is 0.278. The number of hydrogen-bond donors (Lipinski definition) is 1. The normalized spacial score (nSPS) is 17.1. The number of amides is 2. The van der Waals surface area contributed by atoms with Gasteiger partial charge in [0.25, 0.3) is 0 Å². The molecule has 2 amide bonds. The standard InChI is InChI=1S/C18H18FN3O2/c19-16-6-2-1-5-14(16)11-22-12-15(8-17(22)23)18(24)21-10-13-4-3-7-20-9-13/h1-7,9,15H,8,10-12H2,(H,21,24)/t15-/m0/s1. The Morgan fingerprint density at radius 1 is 1.29 bits per heavy atom. The van der Waals surface area contributed by atoms with Crippen LogP contribution in [-0.4, -0.2) is 28.2 Å². The Morgan fingerprint density at radius 3 is 2.88 bits per heavy atom. The summed E-state index contributed by atoms with van der Waals surface area (Å²) in [5, 5.41) is 2.83. The SMILES string of the molecule is O=C(NCc1cccnc1)[C@H]1CC(=O)N(Cc2ccccc2F)C1. The Hall–Kier alpha value is -2.76. The molecule has 1 atom stereocenters. The third-order valence-corrected chi connectivity index (χ3v) is 4.09. The van der Waals surface area contributed by atoms with Gasteiger partial charge < -0.3 is 10.2 Å². The highest BCUT2D eigenvalue weighted by molar-refractivity contribution is 5.89. The van der Waals surface area contributed by atoms with Crippen LogP contribution >= 0.6 is 0 Å². The Labute approximate surface area is 139 Å². The fourth-order valence-corrected chi connectivity index (χ4v) is 2.77. The van der Waals surface area contributed by atoms with E-state index in [1.54, 1.807) is 36.7 Å². The molecular formula is C18H18FN3O2. The Morgan fingerprint density at radius 2 is 2.12 bits per heavy atom. The van der Waals surface area contributed by atoms with E-state index in [2.05, 4.69) is 10.3 Å². The van der Waals surface area contributed by atoms with Gasteiger partial charge in [-0.15, -0.1) is 0 Å². The molecule has 1 aromatic carbocycles. The number of carbonyl (C=O) groups excluding carboxylic acids is 2. The average Bonchev–Trinajstić information content (AvgIpc) is 2.96. The number of pyridine rings is 1. The highest BCUT2D eigenvalue weighted by Gasteiger charge is 2.34. The molecule has 0 unspecified atom stereocenters. The molecule has 1 aliphatic rings. The van der Waals surface area contributed by atoms with Crippen LogP contribution in [0, 0.1) is 11.7 Å². The minimum atomic E-state index is -0.402. The lowest BCUT2D eigenvalue weighted by Gasteiger charge is -2.17. The molecule has 1 saturated heterocycles. The monoisotopic (exact) mass is 327 g/mol. The van der Waals surface area contributed by atoms with Gasteiger partial charge in [0.2, 0.25) is 11.8 Å². The molecule has 24 heavy (non-hydrogen) atoms. The summed E-state index contributed by atoms with van der Waals surface area (Å²) in [6, 6.07) is 10.0. The highest BCUT2D eigenvalue weighted by atomic mass is 19.1. The van der Waals surface area contributed by atoms with E-state index in [1.807, 2.05) is 6.07 Å². The third kappa shape index (κ3) is 3.76. The maximum atomic E-state index is 13.7. The van der Waals surface area contributed by atoms with Gasteiger partial charge in [-0.2, -0.15) is 0 Å². The topological polar surface area (TPSA) is 62.3 Å². The summed E-state index contributed by atoms with van der Waals surface area (Å²) in [7, 11) is 0. The van der Waals surface area contributed by atoms with Crippen molar-refractivity contribution in [1.29, 1.82) is 0 Å². The second kappa shape index (κ2) is 7.21. The first-order chi connectivity index (χ1) is 11.6. The first kappa shape index (κ1) is 16.1. The minimum Gasteiger partial charge on any atom is -0.352 e. The van der Waals surface area contributed by atoms with Crippen LogP contribution in [-0.2, 0) is 22.7 Å². The smallest absolute Gasteiger partial charge is 0.225 e. The summed E-state index contributed by atoms with van der Waals surface area (Å²) in [6.45, 7) is 0.884. The summed E-state index contributed by atoms with van der Waals surface area (Å²) in [6.07, 6.45) is 3.51. The van der Waals surface area contributed by atoms with Crippen molar-refractivity contribution < 1.29 is 14.0 Å². The van der Waals surface area contributed by atoms with Crippen molar-refractivity contribution in [2.24, 2.45) is 5.92 Å². The van der Waals surface area contributed by atoms with E-state index in [0.29, 0.717) is 18.7 Å². The fourth-order valence-electron chi connectivity index (χ4n) is 2.77. The number of nitrogens with one attached hydrogen (secondary N) is 1. The number of nitrogens with zero attached hydrogens (tertiary/aromatic N) is 2. The maximum absolute atomic E-state index is 13.7. The quantitative estimate of drug-likeness (QED) is 0.912. The van der Waals surface area contributed by atoms with Gasteiger partial charge in [-0.25, -0.2) is 4.39 Å². The van der Waals surface area contributed by atoms with Gasteiger partial charge in [-0.3, -0.25) is 14.6 Å². The van der Waals surface area contributed by atoms with E-state index in [4.69, 9.17) is 0 Å². The zero-order valence-electron chi connectivity index (χ0n) is 13.1. The average molecular weight is 327 g/mol. The summed E-state index contributed by atoms with van der Waals surface area (Å²) < 4.78 is 13.7. The van der Waals surface area contributed by atoms with Gasteiger partial charge in [0.15, 0.2) is 0 Å². The van der Waals surface area contributed by atoms with Gasteiger partial charge in [0.1, 0.15) is 5.82 Å². The summed E-state index contributed by atoms with van der Waals surface area (Å²) in [5.74, 6) is -1.03. The van der Waals surface area contributed by atoms with Crippen LogP contribution in [0.3, 0.4) is 0 Å². The van der Waals surface area contributed by atoms with Crippen molar-refractivity contribution in [3.8, 4) is 0 Å². The molecule has 3 rings (SSSR count). The van der Waals surface area contributed by atoms with Gasteiger partial charge >= 0.3 is 0 Å². The van der Waals surface area contributed by atoms with Crippen molar-refractivity contribution in [3.05, 3.63) is 65.7 Å². The van der Waals surface area contributed by atoms with Crippen molar-refractivity contribution in [2.75, 3.05) is 6.54 Å². The van der Waals surface area contributed by atoms with Crippen LogP contribution in [0.1, 0.15) is 17.5 Å². The lowest BCUT2D eigenvalue weighted by molar-refractivity contribution is -0.129. The predicted molar refractivity (Wildman–Crippen MR) is 86.0 cm³/mol. The minimum absolute atomic E-state index is 0.125. The lowest BCUT2D eigenvalue weighted by Crippen LogP contribution is -2.32. The molecule has 2 aromatic rings. The number of aromatic nitrogens is 1. The summed E-state index contributed by atoms with van der Waals surface area (Å²) in [4.78, 5) is 29.9. The second-order valence-electron chi connectivity index (χ2n) is 5.85. The molecule has 5 nitrogen and oxygen atoms in total. The van der Waals surface area contributed by atoms with Gasteiger partial charge in [-0.05, 0) is 17.7 Å². The number of benzene rings is 1. The summed E-state index contributed by atoms with van der Waals surface area (Å²) in [5.41, 5.74) is 1.36. The van der Waals surface area contributed by atoms with Crippen molar-refractivity contribution in [2.45, 2.75) is 19.5 Å². The molecule has 0 spiro atoms. The van der Waals surface area contributed by atoms with E-state index in [9.17, 15) is 14.0 Å². The van der Waals surface area contributed by atoms with Crippen molar-refractivity contribution >= 4 is 11.8 Å². The number of rotatable bonds is 5. The van der Waals surface area contributed by atoms with Crippen LogP contribution in [0.15, 0.2) is 48.8 Å². The van der Waals surface area contributed by atoms with Gasteiger partial charge in [-0.1, -0.05) is 24.3 Å². The zero-order chi connectivity index (χ0) is 16.9. The van der Waals surface area contributed by atoms with Crippen molar-refractivity contribution in [1.82, 2.24) is 15.2 Å². The lowest BCUT2D eigenvalue weighted by atomic mass is 10.1. The molecule has 2 heterocycles. The van der Waals surface area contributed by atoms with E-state index in [0.717, 1.165) is 5.56 Å². The van der Waals surface area contributed by atoms with Crippen LogP contribution in [0.2, 0.25) is 0 Å². The van der Waals surface area contributed by atoms with Gasteiger partial charge in [0, 0.05) is 44.0 Å². The predicted octanol–water partition coefficient (Wildman–Crippen LogP) is 1.89. The molecule has 1 aromatic heterocycles. The maximum Gasteiger partial charge on any atom is 0.225 e. The molecule has 1 N–H and O–H groups in total. The summed E-state index contributed by atoms with van der Waals surface area (Å²) >= 11 is 0. The van der Waals surface area contributed by atoms with Crippen molar-refractivity contribution in [3.63, 3.8) is 0 Å². The van der Waals surface area contributed by atoms with E-state index in [-0.39, 0.29) is 30.6 Å². The largest absolute Gasteiger partial charge is 0.352 e. The number of halogens is 1. The molecule has 1 aliphatic heterocycles. The number of likely N-dealkylation sites (tertiary alicyclic amines) is 1. The first-order valence-corrected chi connectivity index (χ1v) is 7.81. The van der Waals surface area contributed by atoms with E-state index < -0.39 is 5.92 Å². The molecule has 6 heteroatoms. The van der Waals surface area contributed by atoms with E-state index >= 15 is 0 Å². The van der Waals surface area contributed by atoms with Gasteiger partial charge in [0.05, 0.1) is 5.92 Å². The van der Waals surface area contributed by atoms with Crippen LogP contribution < -0.4 is 5.32 Å². The Balaban J connectivity index is 1.56. The molecule has 1 fully saturated rings. The molecule has 0 radical (unpaired) electrons. The molecular weight excluding hydrogens is 309 g/mol. The molecule has 124 valence electrons. The van der Waals surface area contributed by atoms with Crippen LogP contribution in [0.5, 0.6) is 0 Å².